The topological polar surface area (TPSA) is 32.3 Å². The van der Waals surface area contributed by atoms with Gasteiger partial charge in [0.15, 0.2) is 0 Å². The lowest BCUT2D eigenvalue weighted by Gasteiger charge is -2.33. The molecule has 4 heteroatoms. The third-order valence-corrected chi connectivity index (χ3v) is 3.93. The van der Waals surface area contributed by atoms with E-state index in [2.05, 4.69) is 12.2 Å². The average molecular weight is 238 g/mol. The first-order chi connectivity index (χ1) is 7.77. The van der Waals surface area contributed by atoms with Crippen LogP contribution in [0.15, 0.2) is 17.5 Å². The Kier molecular flexibility index (Phi) is 3.83. The number of nitrogens with one attached hydrogen (secondary N) is 1. The molecule has 1 N–H and O–H groups in total. The van der Waals surface area contributed by atoms with Gasteiger partial charge in [-0.25, -0.2) is 4.79 Å². The van der Waals surface area contributed by atoms with Gasteiger partial charge in [-0.3, -0.25) is 0 Å². The molecule has 0 aromatic carbocycles. The number of hydrogen-bond acceptors (Lipinski definition) is 2. The molecular weight excluding hydrogens is 220 g/mol. The molecule has 16 heavy (non-hydrogen) atoms. The molecule has 1 unspecified atom stereocenters. The highest BCUT2D eigenvalue weighted by atomic mass is 32.1. The maximum absolute atomic E-state index is 11.9. The molecule has 1 saturated heterocycles. The first-order valence-corrected chi connectivity index (χ1v) is 6.72. The largest absolute Gasteiger partial charge is 0.333 e. The monoisotopic (exact) mass is 238 g/mol. The third-order valence-electron chi connectivity index (χ3n) is 3.06. The van der Waals surface area contributed by atoms with E-state index >= 15 is 0 Å². The van der Waals surface area contributed by atoms with Crippen molar-refractivity contribution < 1.29 is 4.79 Å². The summed E-state index contributed by atoms with van der Waals surface area (Å²) in [6.07, 6.45) is 3.51. The van der Waals surface area contributed by atoms with E-state index in [0.717, 1.165) is 19.4 Å². The van der Waals surface area contributed by atoms with Crippen molar-refractivity contribution in [3.05, 3.63) is 22.4 Å². The summed E-state index contributed by atoms with van der Waals surface area (Å²) in [4.78, 5) is 15.1. The van der Waals surface area contributed by atoms with Gasteiger partial charge in [0.2, 0.25) is 0 Å². The number of amides is 2. The molecule has 1 aromatic rings. The molecule has 1 atom stereocenters. The standard InChI is InChI=1S/C12H18N2OS/c1-10-5-2-3-7-14(10)12(15)13-9-11-6-4-8-16-11/h4,6,8,10H,2-3,5,7,9H2,1H3,(H,13,15). The number of carbonyl (C=O) groups excluding carboxylic acids is 1. The van der Waals surface area contributed by atoms with Gasteiger partial charge < -0.3 is 10.2 Å². The summed E-state index contributed by atoms with van der Waals surface area (Å²) in [6, 6.07) is 4.53. The van der Waals surface area contributed by atoms with E-state index in [1.807, 2.05) is 22.4 Å². The fourth-order valence-electron chi connectivity index (χ4n) is 2.08. The van der Waals surface area contributed by atoms with Crippen molar-refractivity contribution in [2.24, 2.45) is 0 Å². The normalized spacial score (nSPS) is 20.8. The fraction of sp³-hybridized carbons (Fsp3) is 0.583. The second-order valence-electron chi connectivity index (χ2n) is 4.28. The highest BCUT2D eigenvalue weighted by Gasteiger charge is 2.22. The molecule has 0 radical (unpaired) electrons. The van der Waals surface area contributed by atoms with Crippen molar-refractivity contribution in [2.45, 2.75) is 38.8 Å². The molecule has 2 heterocycles. The van der Waals surface area contributed by atoms with Crippen LogP contribution >= 0.6 is 11.3 Å². The fourth-order valence-corrected chi connectivity index (χ4v) is 2.72. The van der Waals surface area contributed by atoms with Crippen LogP contribution in [0, 0.1) is 0 Å². The van der Waals surface area contributed by atoms with E-state index in [-0.39, 0.29) is 6.03 Å². The van der Waals surface area contributed by atoms with Crippen molar-refractivity contribution in [1.82, 2.24) is 10.2 Å². The number of likely N-dealkylation sites (tertiary alicyclic amines) is 1. The zero-order chi connectivity index (χ0) is 11.4. The van der Waals surface area contributed by atoms with Gasteiger partial charge in [-0.2, -0.15) is 0 Å². The van der Waals surface area contributed by atoms with Crippen LogP contribution in [0.5, 0.6) is 0 Å². The van der Waals surface area contributed by atoms with E-state index < -0.39 is 0 Å². The van der Waals surface area contributed by atoms with Gasteiger partial charge in [0.1, 0.15) is 0 Å². The summed E-state index contributed by atoms with van der Waals surface area (Å²) in [5, 5.41) is 5.02. The number of hydrogen-bond donors (Lipinski definition) is 1. The molecule has 3 nitrogen and oxygen atoms in total. The molecule has 2 rings (SSSR count). The van der Waals surface area contributed by atoms with Gasteiger partial charge in [-0.1, -0.05) is 6.07 Å². The van der Waals surface area contributed by atoms with E-state index in [1.165, 1.54) is 11.3 Å². The summed E-state index contributed by atoms with van der Waals surface area (Å²) in [5.41, 5.74) is 0. The minimum absolute atomic E-state index is 0.0839. The van der Waals surface area contributed by atoms with Crippen LogP contribution in [-0.2, 0) is 6.54 Å². The Morgan fingerprint density at radius 2 is 2.50 bits per heavy atom. The van der Waals surface area contributed by atoms with Crippen molar-refractivity contribution in [3.63, 3.8) is 0 Å². The smallest absolute Gasteiger partial charge is 0.317 e. The quantitative estimate of drug-likeness (QED) is 0.844. The molecule has 1 aliphatic heterocycles. The molecule has 1 aliphatic rings. The molecule has 0 spiro atoms. The van der Waals surface area contributed by atoms with Crippen LogP contribution in [-0.4, -0.2) is 23.5 Å². The van der Waals surface area contributed by atoms with E-state index in [1.54, 1.807) is 11.3 Å². The van der Waals surface area contributed by atoms with Crippen molar-refractivity contribution in [1.29, 1.82) is 0 Å². The van der Waals surface area contributed by atoms with E-state index in [4.69, 9.17) is 0 Å². The van der Waals surface area contributed by atoms with Crippen LogP contribution in [0.2, 0.25) is 0 Å². The SMILES string of the molecule is CC1CCCCN1C(=O)NCc1cccs1. The average Bonchev–Trinajstić information content (AvgIpc) is 2.79. The van der Waals surface area contributed by atoms with Crippen LogP contribution < -0.4 is 5.32 Å². The predicted molar refractivity (Wildman–Crippen MR) is 66.6 cm³/mol. The number of nitrogens with zero attached hydrogens (tertiary/aromatic N) is 1. The zero-order valence-electron chi connectivity index (χ0n) is 9.61. The van der Waals surface area contributed by atoms with Gasteiger partial charge in [-0.05, 0) is 37.6 Å². The lowest BCUT2D eigenvalue weighted by molar-refractivity contribution is 0.158. The van der Waals surface area contributed by atoms with E-state index in [9.17, 15) is 4.79 Å². The third kappa shape index (κ3) is 2.76. The zero-order valence-corrected chi connectivity index (χ0v) is 10.4. The number of thiophene rings is 1. The van der Waals surface area contributed by atoms with Crippen molar-refractivity contribution in [2.75, 3.05) is 6.54 Å². The summed E-state index contributed by atoms with van der Waals surface area (Å²) in [6.45, 7) is 3.68. The Morgan fingerprint density at radius 3 is 3.19 bits per heavy atom. The predicted octanol–water partition coefficient (Wildman–Crippen LogP) is 2.83. The van der Waals surface area contributed by atoms with Gasteiger partial charge in [-0.15, -0.1) is 11.3 Å². The first-order valence-electron chi connectivity index (χ1n) is 5.84. The second kappa shape index (κ2) is 5.34. The highest BCUT2D eigenvalue weighted by Crippen LogP contribution is 2.16. The maximum atomic E-state index is 11.9. The Balaban J connectivity index is 1.83. The molecule has 88 valence electrons. The summed E-state index contributed by atoms with van der Waals surface area (Å²) in [7, 11) is 0. The Labute approximate surface area is 100 Å². The molecule has 0 aliphatic carbocycles. The Hall–Kier alpha value is -1.03. The van der Waals surface area contributed by atoms with Crippen molar-refractivity contribution in [3.8, 4) is 0 Å². The Bertz CT molecular complexity index is 337. The summed E-state index contributed by atoms with van der Waals surface area (Å²) >= 11 is 1.68. The van der Waals surface area contributed by atoms with Crippen LogP contribution in [0.4, 0.5) is 4.79 Å². The highest BCUT2D eigenvalue weighted by molar-refractivity contribution is 7.09. The first kappa shape index (κ1) is 11.5. The lowest BCUT2D eigenvalue weighted by atomic mass is 10.0. The van der Waals surface area contributed by atoms with Gasteiger partial charge in [0.25, 0.3) is 0 Å². The minimum Gasteiger partial charge on any atom is -0.333 e. The minimum atomic E-state index is 0.0839. The van der Waals surface area contributed by atoms with E-state index in [0.29, 0.717) is 12.6 Å². The molecular formula is C12H18N2OS. The van der Waals surface area contributed by atoms with Crippen molar-refractivity contribution >= 4 is 17.4 Å². The van der Waals surface area contributed by atoms with Crippen LogP contribution in [0.25, 0.3) is 0 Å². The van der Waals surface area contributed by atoms with Gasteiger partial charge >= 0.3 is 6.03 Å². The summed E-state index contributed by atoms with van der Waals surface area (Å²) < 4.78 is 0. The molecule has 1 aromatic heterocycles. The summed E-state index contributed by atoms with van der Waals surface area (Å²) in [5.74, 6) is 0. The number of carbonyl (C=O) groups is 1. The van der Waals surface area contributed by atoms with Gasteiger partial charge in [0.05, 0.1) is 6.54 Å². The van der Waals surface area contributed by atoms with Gasteiger partial charge in [0, 0.05) is 17.5 Å². The molecule has 0 saturated carbocycles. The number of rotatable bonds is 2. The molecule has 1 fully saturated rings. The number of piperidine rings is 1. The Morgan fingerprint density at radius 1 is 1.62 bits per heavy atom. The van der Waals surface area contributed by atoms with Crippen LogP contribution in [0.3, 0.4) is 0 Å². The number of urea groups is 1. The molecule has 2 amide bonds. The van der Waals surface area contributed by atoms with Crippen LogP contribution in [0.1, 0.15) is 31.1 Å². The molecule has 0 bridgehead atoms. The maximum Gasteiger partial charge on any atom is 0.317 e. The second-order valence-corrected chi connectivity index (χ2v) is 5.31. The lowest BCUT2D eigenvalue weighted by Crippen LogP contribution is -2.47.